The standard InChI is InChI=1S/C14H17NOS/c1-3-4-13(9-10-15)11-16-17-14-7-5-12(2)6-8-14/h4-8H,3,9,11H2,1-2H3/b13-4-. The molecule has 0 fully saturated rings. The lowest BCUT2D eigenvalue weighted by atomic mass is 10.2. The molecule has 0 radical (unpaired) electrons. The van der Waals surface area contributed by atoms with E-state index < -0.39 is 0 Å². The van der Waals surface area contributed by atoms with Crippen LogP contribution in [-0.4, -0.2) is 6.61 Å². The molecule has 0 spiro atoms. The molecule has 0 heterocycles. The van der Waals surface area contributed by atoms with Crippen LogP contribution < -0.4 is 0 Å². The summed E-state index contributed by atoms with van der Waals surface area (Å²) in [6, 6.07) is 10.3. The minimum Gasteiger partial charge on any atom is -0.306 e. The molecule has 0 aromatic heterocycles. The third kappa shape index (κ3) is 5.58. The molecule has 1 rings (SSSR count). The van der Waals surface area contributed by atoms with Crippen LogP contribution in [0.3, 0.4) is 0 Å². The maximum Gasteiger partial charge on any atom is 0.0839 e. The number of rotatable bonds is 6. The van der Waals surface area contributed by atoms with Gasteiger partial charge in [0.15, 0.2) is 0 Å². The summed E-state index contributed by atoms with van der Waals surface area (Å²) in [5.41, 5.74) is 2.29. The Morgan fingerprint density at radius 1 is 1.41 bits per heavy atom. The number of benzene rings is 1. The van der Waals surface area contributed by atoms with Crippen molar-refractivity contribution in [3.8, 4) is 6.07 Å². The molecular weight excluding hydrogens is 230 g/mol. The van der Waals surface area contributed by atoms with Gasteiger partial charge in [-0.05, 0) is 31.1 Å². The SMILES string of the molecule is CC/C=C(/CC#N)COSc1ccc(C)cc1. The summed E-state index contributed by atoms with van der Waals surface area (Å²) in [6.45, 7) is 4.63. The van der Waals surface area contributed by atoms with Crippen molar-refractivity contribution in [3.63, 3.8) is 0 Å². The third-order valence-electron chi connectivity index (χ3n) is 2.22. The second-order valence-corrected chi connectivity index (χ2v) is 4.64. The molecule has 0 aliphatic heterocycles. The minimum absolute atomic E-state index is 0.447. The highest BCUT2D eigenvalue weighted by Gasteiger charge is 1.99. The Balaban J connectivity index is 2.38. The van der Waals surface area contributed by atoms with Crippen LogP contribution in [0.2, 0.25) is 0 Å². The van der Waals surface area contributed by atoms with Crippen LogP contribution in [0.1, 0.15) is 25.3 Å². The van der Waals surface area contributed by atoms with E-state index in [1.54, 1.807) is 0 Å². The summed E-state index contributed by atoms with van der Waals surface area (Å²) in [7, 11) is 0. The van der Waals surface area contributed by atoms with Crippen molar-refractivity contribution < 1.29 is 4.18 Å². The first-order valence-corrected chi connectivity index (χ1v) is 6.41. The second kappa shape index (κ2) is 7.94. The maximum atomic E-state index is 8.66. The first kappa shape index (κ1) is 13.8. The molecule has 0 saturated carbocycles. The van der Waals surface area contributed by atoms with Gasteiger partial charge in [0.25, 0.3) is 0 Å². The number of allylic oxidation sites excluding steroid dienone is 1. The van der Waals surface area contributed by atoms with Gasteiger partial charge in [-0.15, -0.1) is 0 Å². The average molecular weight is 247 g/mol. The summed E-state index contributed by atoms with van der Waals surface area (Å²) in [5.74, 6) is 0. The molecule has 0 amide bonds. The van der Waals surface area contributed by atoms with Gasteiger partial charge in [0.1, 0.15) is 0 Å². The molecular formula is C14H17NOS. The van der Waals surface area contributed by atoms with E-state index in [9.17, 15) is 0 Å². The van der Waals surface area contributed by atoms with E-state index in [-0.39, 0.29) is 0 Å². The molecule has 17 heavy (non-hydrogen) atoms. The fourth-order valence-corrected chi connectivity index (χ4v) is 1.93. The number of nitrogens with zero attached hydrogens (tertiary/aromatic N) is 1. The van der Waals surface area contributed by atoms with E-state index in [0.717, 1.165) is 16.9 Å². The van der Waals surface area contributed by atoms with Crippen molar-refractivity contribution in [2.45, 2.75) is 31.6 Å². The number of hydrogen-bond donors (Lipinski definition) is 0. The molecule has 0 aliphatic rings. The second-order valence-electron chi connectivity index (χ2n) is 3.76. The minimum atomic E-state index is 0.447. The Hall–Kier alpha value is -1.24. The molecule has 0 atom stereocenters. The summed E-state index contributed by atoms with van der Waals surface area (Å²) in [5, 5.41) is 8.66. The predicted molar refractivity (Wildman–Crippen MR) is 71.6 cm³/mol. The molecule has 90 valence electrons. The fraction of sp³-hybridized carbons (Fsp3) is 0.357. The van der Waals surface area contributed by atoms with Crippen LogP contribution in [0.15, 0.2) is 40.8 Å². The molecule has 1 aromatic rings. The van der Waals surface area contributed by atoms with Crippen molar-refractivity contribution in [3.05, 3.63) is 41.5 Å². The Kier molecular flexibility index (Phi) is 6.46. The maximum absolute atomic E-state index is 8.66. The Morgan fingerprint density at radius 3 is 2.71 bits per heavy atom. The van der Waals surface area contributed by atoms with Crippen molar-refractivity contribution in [1.29, 1.82) is 5.26 Å². The highest BCUT2D eigenvalue weighted by Crippen LogP contribution is 2.20. The first-order valence-electron chi connectivity index (χ1n) is 5.67. The lowest BCUT2D eigenvalue weighted by molar-refractivity contribution is 0.412. The monoisotopic (exact) mass is 247 g/mol. The van der Waals surface area contributed by atoms with Gasteiger partial charge in [-0.3, -0.25) is 0 Å². The average Bonchev–Trinajstić information content (AvgIpc) is 2.32. The van der Waals surface area contributed by atoms with Gasteiger partial charge >= 0.3 is 0 Å². The highest BCUT2D eigenvalue weighted by molar-refractivity contribution is 7.94. The van der Waals surface area contributed by atoms with E-state index >= 15 is 0 Å². The fourth-order valence-electron chi connectivity index (χ4n) is 1.34. The smallest absolute Gasteiger partial charge is 0.0839 e. The van der Waals surface area contributed by atoms with Gasteiger partial charge in [-0.1, -0.05) is 30.7 Å². The summed E-state index contributed by atoms with van der Waals surface area (Å²) >= 11 is 1.36. The van der Waals surface area contributed by atoms with Crippen molar-refractivity contribution in [2.75, 3.05) is 6.61 Å². The number of nitriles is 1. The quantitative estimate of drug-likeness (QED) is 0.556. The van der Waals surface area contributed by atoms with Crippen LogP contribution in [0.25, 0.3) is 0 Å². The molecule has 3 heteroatoms. The lowest BCUT2D eigenvalue weighted by Gasteiger charge is -2.04. The molecule has 0 unspecified atom stereocenters. The molecule has 1 aromatic carbocycles. The van der Waals surface area contributed by atoms with Crippen LogP contribution in [0, 0.1) is 18.3 Å². The summed E-state index contributed by atoms with van der Waals surface area (Å²) < 4.78 is 5.52. The zero-order valence-corrected chi connectivity index (χ0v) is 11.1. The summed E-state index contributed by atoms with van der Waals surface area (Å²) in [6.07, 6.45) is 3.44. The normalized spacial score (nSPS) is 11.2. The van der Waals surface area contributed by atoms with Crippen LogP contribution in [-0.2, 0) is 4.18 Å². The van der Waals surface area contributed by atoms with E-state index in [0.29, 0.717) is 13.0 Å². The van der Waals surface area contributed by atoms with E-state index in [2.05, 4.69) is 38.1 Å². The molecule has 2 nitrogen and oxygen atoms in total. The molecule has 0 bridgehead atoms. The zero-order chi connectivity index (χ0) is 12.5. The van der Waals surface area contributed by atoms with Gasteiger partial charge < -0.3 is 4.18 Å². The van der Waals surface area contributed by atoms with E-state index in [4.69, 9.17) is 9.44 Å². The molecule has 0 aliphatic carbocycles. The van der Waals surface area contributed by atoms with Gasteiger partial charge in [0.05, 0.1) is 19.1 Å². The highest BCUT2D eigenvalue weighted by atomic mass is 32.2. The van der Waals surface area contributed by atoms with Gasteiger partial charge in [-0.2, -0.15) is 5.26 Å². The first-order chi connectivity index (χ1) is 8.26. The Labute approximate surface area is 107 Å². The number of aryl methyl sites for hydroxylation is 1. The van der Waals surface area contributed by atoms with Gasteiger partial charge in [0, 0.05) is 16.9 Å². The Morgan fingerprint density at radius 2 is 2.12 bits per heavy atom. The topological polar surface area (TPSA) is 33.0 Å². The van der Waals surface area contributed by atoms with Crippen LogP contribution in [0.5, 0.6) is 0 Å². The zero-order valence-electron chi connectivity index (χ0n) is 10.3. The van der Waals surface area contributed by atoms with Crippen molar-refractivity contribution >= 4 is 12.0 Å². The lowest BCUT2D eigenvalue weighted by Crippen LogP contribution is -1.92. The molecule has 0 N–H and O–H groups in total. The van der Waals surface area contributed by atoms with Crippen LogP contribution >= 0.6 is 12.0 Å². The molecule has 0 saturated heterocycles. The largest absolute Gasteiger partial charge is 0.306 e. The van der Waals surface area contributed by atoms with E-state index in [1.807, 2.05) is 12.1 Å². The summed E-state index contributed by atoms with van der Waals surface area (Å²) in [4.78, 5) is 1.09. The van der Waals surface area contributed by atoms with Gasteiger partial charge in [-0.25, -0.2) is 0 Å². The number of hydrogen-bond acceptors (Lipinski definition) is 3. The van der Waals surface area contributed by atoms with Crippen LogP contribution in [0.4, 0.5) is 0 Å². The third-order valence-corrected chi connectivity index (χ3v) is 2.92. The predicted octanol–water partition coefficient (Wildman–Crippen LogP) is 4.27. The Bertz CT molecular complexity index is 403. The van der Waals surface area contributed by atoms with Crippen molar-refractivity contribution in [1.82, 2.24) is 0 Å². The van der Waals surface area contributed by atoms with E-state index in [1.165, 1.54) is 17.6 Å². The van der Waals surface area contributed by atoms with Crippen molar-refractivity contribution in [2.24, 2.45) is 0 Å². The van der Waals surface area contributed by atoms with Gasteiger partial charge in [0.2, 0.25) is 0 Å².